The number of aliphatic imine (C=N–C) groups is 1. The van der Waals surface area contributed by atoms with E-state index in [9.17, 15) is 0 Å². The van der Waals surface area contributed by atoms with E-state index in [0.717, 1.165) is 3.57 Å². The van der Waals surface area contributed by atoms with Crippen LogP contribution in [-0.2, 0) is 0 Å². The highest BCUT2D eigenvalue weighted by atomic mass is 127. The number of halogens is 1. The molecule has 4 N–H and O–H groups in total. The minimum atomic E-state index is -0.0174. The average molecular weight is 277 g/mol. The lowest BCUT2D eigenvalue weighted by atomic mass is 10.3. The van der Waals surface area contributed by atoms with Crippen molar-refractivity contribution in [2.24, 2.45) is 10.7 Å². The van der Waals surface area contributed by atoms with Crippen molar-refractivity contribution in [1.82, 2.24) is 5.48 Å². The lowest BCUT2D eigenvalue weighted by Crippen LogP contribution is -2.27. The van der Waals surface area contributed by atoms with Crippen LogP contribution in [0.25, 0.3) is 0 Å². The molecule has 0 aliphatic carbocycles. The molecule has 0 fully saturated rings. The standard InChI is InChI=1S/C7H8IN3O/c8-5-1-3-6(4-2-5)10-7(9)11-12/h1-4,12H,(H3,9,10,11). The Hall–Kier alpha value is -0.820. The summed E-state index contributed by atoms with van der Waals surface area (Å²) in [5.74, 6) is -0.0174. The first-order valence-electron chi connectivity index (χ1n) is 3.22. The maximum absolute atomic E-state index is 8.34. The van der Waals surface area contributed by atoms with Gasteiger partial charge < -0.3 is 5.73 Å². The smallest absolute Gasteiger partial charge is 0.218 e. The van der Waals surface area contributed by atoms with Gasteiger partial charge >= 0.3 is 0 Å². The second kappa shape index (κ2) is 4.27. The fraction of sp³-hybridized carbons (Fsp3) is 0. The largest absolute Gasteiger partial charge is 0.368 e. The molecule has 0 amide bonds. The second-order valence-electron chi connectivity index (χ2n) is 2.09. The molecular formula is C7H8IN3O. The van der Waals surface area contributed by atoms with Crippen molar-refractivity contribution >= 4 is 34.2 Å². The van der Waals surface area contributed by atoms with Crippen molar-refractivity contribution < 1.29 is 5.21 Å². The van der Waals surface area contributed by atoms with Gasteiger partial charge in [0.15, 0.2) is 0 Å². The highest BCUT2D eigenvalue weighted by molar-refractivity contribution is 14.1. The number of nitrogens with zero attached hydrogens (tertiary/aromatic N) is 1. The van der Waals surface area contributed by atoms with Crippen LogP contribution in [0.2, 0.25) is 0 Å². The number of rotatable bonds is 1. The quantitative estimate of drug-likeness (QED) is 0.313. The van der Waals surface area contributed by atoms with E-state index in [2.05, 4.69) is 27.6 Å². The number of hydrogen-bond donors (Lipinski definition) is 3. The molecule has 0 atom stereocenters. The van der Waals surface area contributed by atoms with Crippen LogP contribution in [0.1, 0.15) is 0 Å². The number of benzene rings is 1. The number of nitrogens with one attached hydrogen (secondary N) is 1. The minimum absolute atomic E-state index is 0.0174. The third-order valence-corrected chi connectivity index (χ3v) is 1.91. The Bertz CT molecular complexity index is 283. The summed E-state index contributed by atoms with van der Waals surface area (Å²) in [5.41, 5.74) is 7.69. The Morgan fingerprint density at radius 1 is 1.42 bits per heavy atom. The van der Waals surface area contributed by atoms with Gasteiger partial charge in [0, 0.05) is 3.57 Å². The minimum Gasteiger partial charge on any atom is -0.368 e. The van der Waals surface area contributed by atoms with Crippen LogP contribution in [0.5, 0.6) is 0 Å². The zero-order valence-corrected chi connectivity index (χ0v) is 8.32. The predicted molar refractivity (Wildman–Crippen MR) is 55.4 cm³/mol. The summed E-state index contributed by atoms with van der Waals surface area (Å²) in [5, 5.41) is 8.34. The molecule has 0 aromatic heterocycles. The molecule has 1 aromatic carbocycles. The van der Waals surface area contributed by atoms with Crippen molar-refractivity contribution in [3.8, 4) is 0 Å². The first kappa shape index (κ1) is 9.27. The molecule has 0 heterocycles. The SMILES string of the molecule is NC(=Nc1ccc(I)cc1)NO. The van der Waals surface area contributed by atoms with E-state index in [1.165, 1.54) is 0 Å². The molecule has 5 heteroatoms. The van der Waals surface area contributed by atoms with E-state index in [0.29, 0.717) is 5.69 Å². The Balaban J connectivity index is 2.84. The van der Waals surface area contributed by atoms with E-state index >= 15 is 0 Å². The molecule has 4 nitrogen and oxygen atoms in total. The Kier molecular flexibility index (Phi) is 3.30. The highest BCUT2D eigenvalue weighted by Gasteiger charge is 1.90. The molecule has 0 spiro atoms. The van der Waals surface area contributed by atoms with Gasteiger partial charge in [-0.2, -0.15) is 0 Å². The van der Waals surface area contributed by atoms with Crippen molar-refractivity contribution in [3.05, 3.63) is 27.8 Å². The number of nitrogens with two attached hydrogens (primary N) is 1. The van der Waals surface area contributed by atoms with Crippen molar-refractivity contribution in [2.45, 2.75) is 0 Å². The number of hydroxylamine groups is 1. The lowest BCUT2D eigenvalue weighted by molar-refractivity contribution is 0.233. The topological polar surface area (TPSA) is 70.6 Å². The van der Waals surface area contributed by atoms with E-state index < -0.39 is 0 Å². The molecule has 0 bridgehead atoms. The van der Waals surface area contributed by atoms with Crippen LogP contribution in [0.3, 0.4) is 0 Å². The van der Waals surface area contributed by atoms with Gasteiger partial charge in [0.1, 0.15) is 0 Å². The zero-order valence-electron chi connectivity index (χ0n) is 6.16. The van der Waals surface area contributed by atoms with Crippen molar-refractivity contribution in [2.75, 3.05) is 0 Å². The first-order chi connectivity index (χ1) is 5.72. The van der Waals surface area contributed by atoms with Gasteiger partial charge in [0.05, 0.1) is 5.69 Å². The Morgan fingerprint density at radius 3 is 2.50 bits per heavy atom. The lowest BCUT2D eigenvalue weighted by Gasteiger charge is -1.97. The van der Waals surface area contributed by atoms with Crippen LogP contribution in [0.15, 0.2) is 29.3 Å². The third kappa shape index (κ3) is 2.67. The predicted octanol–water partition coefficient (Wildman–Crippen LogP) is 1.22. The molecule has 0 aliphatic rings. The Labute approximate surface area is 83.6 Å². The highest BCUT2D eigenvalue weighted by Crippen LogP contribution is 2.13. The van der Waals surface area contributed by atoms with E-state index in [4.69, 9.17) is 10.9 Å². The molecule has 0 aliphatic heterocycles. The van der Waals surface area contributed by atoms with Crippen LogP contribution in [-0.4, -0.2) is 11.2 Å². The van der Waals surface area contributed by atoms with Gasteiger partial charge in [-0.1, -0.05) is 0 Å². The van der Waals surface area contributed by atoms with Gasteiger partial charge in [-0.3, -0.25) is 5.21 Å². The summed E-state index contributed by atoms with van der Waals surface area (Å²) in [6.07, 6.45) is 0. The summed E-state index contributed by atoms with van der Waals surface area (Å²) in [6.45, 7) is 0. The molecule has 0 unspecified atom stereocenters. The van der Waals surface area contributed by atoms with Gasteiger partial charge in [0.25, 0.3) is 0 Å². The third-order valence-electron chi connectivity index (χ3n) is 1.19. The zero-order chi connectivity index (χ0) is 8.97. The number of hydrogen-bond acceptors (Lipinski definition) is 2. The molecular weight excluding hydrogens is 269 g/mol. The van der Waals surface area contributed by atoms with Gasteiger partial charge in [0.2, 0.25) is 5.96 Å². The van der Waals surface area contributed by atoms with Crippen LogP contribution in [0, 0.1) is 3.57 Å². The normalized spacial score (nSPS) is 11.3. The molecule has 1 rings (SSSR count). The summed E-state index contributed by atoms with van der Waals surface area (Å²) >= 11 is 2.19. The molecule has 0 saturated heterocycles. The summed E-state index contributed by atoms with van der Waals surface area (Å²) < 4.78 is 1.13. The molecule has 12 heavy (non-hydrogen) atoms. The van der Waals surface area contributed by atoms with Crippen molar-refractivity contribution in [3.63, 3.8) is 0 Å². The average Bonchev–Trinajstić information content (AvgIpc) is 2.09. The Morgan fingerprint density at radius 2 is 2.00 bits per heavy atom. The summed E-state index contributed by atoms with van der Waals surface area (Å²) in [6, 6.07) is 7.44. The van der Waals surface area contributed by atoms with Gasteiger partial charge in [-0.15, -0.1) is 0 Å². The van der Waals surface area contributed by atoms with Crippen LogP contribution < -0.4 is 11.2 Å². The molecule has 0 saturated carbocycles. The van der Waals surface area contributed by atoms with Gasteiger partial charge in [-0.25, -0.2) is 10.5 Å². The van der Waals surface area contributed by atoms with Gasteiger partial charge in [-0.05, 0) is 46.9 Å². The maximum Gasteiger partial charge on any atom is 0.218 e. The fourth-order valence-electron chi connectivity index (χ4n) is 0.680. The number of guanidine groups is 1. The van der Waals surface area contributed by atoms with E-state index in [-0.39, 0.29) is 5.96 Å². The summed E-state index contributed by atoms with van der Waals surface area (Å²) in [4.78, 5) is 3.85. The van der Waals surface area contributed by atoms with Crippen molar-refractivity contribution in [1.29, 1.82) is 0 Å². The maximum atomic E-state index is 8.34. The summed E-state index contributed by atoms with van der Waals surface area (Å²) in [7, 11) is 0. The second-order valence-corrected chi connectivity index (χ2v) is 3.33. The van der Waals surface area contributed by atoms with E-state index in [1.54, 1.807) is 5.48 Å². The fourth-order valence-corrected chi connectivity index (χ4v) is 1.04. The van der Waals surface area contributed by atoms with Crippen LogP contribution in [0.4, 0.5) is 5.69 Å². The monoisotopic (exact) mass is 277 g/mol. The van der Waals surface area contributed by atoms with E-state index in [1.807, 2.05) is 24.3 Å². The molecule has 0 radical (unpaired) electrons. The first-order valence-corrected chi connectivity index (χ1v) is 4.30. The molecule has 1 aromatic rings. The molecule has 64 valence electrons. The van der Waals surface area contributed by atoms with Crippen LogP contribution >= 0.6 is 22.6 Å².